The van der Waals surface area contributed by atoms with E-state index in [2.05, 4.69) is 33.8 Å². The number of hydrogen-bond acceptors (Lipinski definition) is 2. The second-order valence-corrected chi connectivity index (χ2v) is 5.76. The van der Waals surface area contributed by atoms with Gasteiger partial charge in [-0.15, -0.1) is 0 Å². The van der Waals surface area contributed by atoms with Crippen LogP contribution in [-0.2, 0) is 0 Å². The molecular weight excluding hydrogens is 254 g/mol. The van der Waals surface area contributed by atoms with Crippen molar-refractivity contribution in [3.8, 4) is 11.4 Å². The van der Waals surface area contributed by atoms with Crippen LogP contribution in [0.5, 0.6) is 0 Å². The van der Waals surface area contributed by atoms with Crippen LogP contribution in [0, 0.1) is 10.7 Å². The smallest absolute Gasteiger partial charge is 0.195 e. The number of H-pyrrole nitrogens is 1. The maximum absolute atomic E-state index is 5.43. The third kappa shape index (κ3) is 2.37. The maximum atomic E-state index is 5.43. The van der Waals surface area contributed by atoms with E-state index in [1.807, 2.05) is 18.2 Å². The fourth-order valence-electron chi connectivity index (χ4n) is 3.12. The first-order valence-electron chi connectivity index (χ1n) is 6.99. The Labute approximate surface area is 118 Å². The van der Waals surface area contributed by atoms with Gasteiger partial charge in [0.05, 0.1) is 0 Å². The van der Waals surface area contributed by atoms with Gasteiger partial charge in [-0.3, -0.25) is 9.67 Å². The zero-order chi connectivity index (χ0) is 13.2. The van der Waals surface area contributed by atoms with Gasteiger partial charge in [0.1, 0.15) is 0 Å². The summed E-state index contributed by atoms with van der Waals surface area (Å²) in [5, 5.41) is 7.38. The molecule has 1 aromatic carbocycles. The lowest BCUT2D eigenvalue weighted by Gasteiger charge is -2.21. The minimum atomic E-state index is 0.420. The molecular formula is C15H19N3S. The van der Waals surface area contributed by atoms with E-state index in [1.165, 1.54) is 25.7 Å². The van der Waals surface area contributed by atoms with Crippen molar-refractivity contribution in [1.82, 2.24) is 14.8 Å². The van der Waals surface area contributed by atoms with Gasteiger partial charge in [0.2, 0.25) is 0 Å². The zero-order valence-electron chi connectivity index (χ0n) is 11.2. The van der Waals surface area contributed by atoms with E-state index in [1.54, 1.807) is 0 Å². The molecule has 2 aromatic rings. The largest absolute Gasteiger partial charge is 0.297 e. The Bertz CT molecular complexity index is 593. The van der Waals surface area contributed by atoms with E-state index >= 15 is 0 Å². The van der Waals surface area contributed by atoms with Crippen molar-refractivity contribution in [3.63, 3.8) is 0 Å². The SMILES string of the molecule is CC(C1CCCC1)n1c(-c2ccccc2)n[nH]c1=S. The molecule has 1 aliphatic carbocycles. The average molecular weight is 273 g/mol. The molecule has 1 atom stereocenters. The molecule has 0 bridgehead atoms. The second kappa shape index (κ2) is 5.29. The Balaban J connectivity index is 2.01. The Morgan fingerprint density at radius 1 is 1.26 bits per heavy atom. The van der Waals surface area contributed by atoms with E-state index in [0.29, 0.717) is 6.04 Å². The highest BCUT2D eigenvalue weighted by Gasteiger charge is 2.25. The third-order valence-electron chi connectivity index (χ3n) is 4.23. The summed E-state index contributed by atoms with van der Waals surface area (Å²) in [7, 11) is 0. The molecule has 1 heterocycles. The first-order valence-corrected chi connectivity index (χ1v) is 7.40. The van der Waals surface area contributed by atoms with Gasteiger partial charge in [0.15, 0.2) is 10.6 Å². The Hall–Kier alpha value is -1.42. The van der Waals surface area contributed by atoms with Crippen molar-refractivity contribution >= 4 is 12.2 Å². The number of benzene rings is 1. The molecule has 0 spiro atoms. The first kappa shape index (κ1) is 12.6. The molecule has 1 aromatic heterocycles. The van der Waals surface area contributed by atoms with Crippen molar-refractivity contribution in [3.05, 3.63) is 35.1 Å². The second-order valence-electron chi connectivity index (χ2n) is 5.37. The van der Waals surface area contributed by atoms with Crippen LogP contribution in [0.2, 0.25) is 0 Å². The van der Waals surface area contributed by atoms with Gasteiger partial charge in [-0.1, -0.05) is 43.2 Å². The highest BCUT2D eigenvalue weighted by molar-refractivity contribution is 7.71. The minimum absolute atomic E-state index is 0.420. The Morgan fingerprint density at radius 3 is 2.63 bits per heavy atom. The quantitative estimate of drug-likeness (QED) is 0.843. The fraction of sp³-hybridized carbons (Fsp3) is 0.467. The Kier molecular flexibility index (Phi) is 3.51. The summed E-state index contributed by atoms with van der Waals surface area (Å²) >= 11 is 5.43. The van der Waals surface area contributed by atoms with Gasteiger partial charge in [0, 0.05) is 11.6 Å². The number of aromatic nitrogens is 3. The van der Waals surface area contributed by atoms with E-state index in [4.69, 9.17) is 12.2 Å². The lowest BCUT2D eigenvalue weighted by molar-refractivity contribution is 0.360. The molecule has 100 valence electrons. The lowest BCUT2D eigenvalue weighted by Crippen LogP contribution is -2.15. The molecule has 0 amide bonds. The third-order valence-corrected chi connectivity index (χ3v) is 4.51. The fourth-order valence-corrected chi connectivity index (χ4v) is 3.42. The summed E-state index contributed by atoms with van der Waals surface area (Å²) in [6.45, 7) is 2.27. The van der Waals surface area contributed by atoms with Gasteiger partial charge in [-0.25, -0.2) is 0 Å². The van der Waals surface area contributed by atoms with Gasteiger partial charge in [-0.2, -0.15) is 5.10 Å². The molecule has 0 saturated heterocycles. The van der Waals surface area contributed by atoms with Crippen LogP contribution in [0.25, 0.3) is 11.4 Å². The number of rotatable bonds is 3. The first-order chi connectivity index (χ1) is 9.27. The molecule has 4 heteroatoms. The van der Waals surface area contributed by atoms with Crippen molar-refractivity contribution in [2.45, 2.75) is 38.6 Å². The molecule has 0 radical (unpaired) electrons. The molecule has 1 N–H and O–H groups in total. The summed E-state index contributed by atoms with van der Waals surface area (Å²) < 4.78 is 2.93. The summed E-state index contributed by atoms with van der Waals surface area (Å²) in [5.41, 5.74) is 1.12. The molecule has 3 rings (SSSR count). The number of nitrogens with one attached hydrogen (secondary N) is 1. The number of hydrogen-bond donors (Lipinski definition) is 1. The summed E-state index contributed by atoms with van der Waals surface area (Å²) in [6, 6.07) is 10.7. The summed E-state index contributed by atoms with van der Waals surface area (Å²) in [5.74, 6) is 1.69. The van der Waals surface area contributed by atoms with Crippen molar-refractivity contribution in [2.75, 3.05) is 0 Å². The number of aromatic amines is 1. The molecule has 1 fully saturated rings. The van der Waals surface area contributed by atoms with Crippen LogP contribution in [-0.4, -0.2) is 14.8 Å². The van der Waals surface area contributed by atoms with Crippen LogP contribution in [0.3, 0.4) is 0 Å². The normalized spacial score (nSPS) is 17.7. The Morgan fingerprint density at radius 2 is 1.95 bits per heavy atom. The standard InChI is InChI=1S/C15H19N3S/c1-11(12-7-5-6-8-12)18-14(16-17-15(18)19)13-9-3-2-4-10-13/h2-4,9-12H,5-8H2,1H3,(H,17,19). The van der Waals surface area contributed by atoms with Crippen LogP contribution in [0.15, 0.2) is 30.3 Å². The molecule has 1 saturated carbocycles. The predicted molar refractivity (Wildman–Crippen MR) is 79.5 cm³/mol. The summed E-state index contributed by atoms with van der Waals surface area (Å²) in [4.78, 5) is 0. The van der Waals surface area contributed by atoms with Crippen LogP contribution in [0.4, 0.5) is 0 Å². The van der Waals surface area contributed by atoms with Crippen molar-refractivity contribution < 1.29 is 0 Å². The highest BCUT2D eigenvalue weighted by Crippen LogP contribution is 2.35. The molecule has 0 aliphatic heterocycles. The average Bonchev–Trinajstić information content (AvgIpc) is 3.08. The van der Waals surface area contributed by atoms with Crippen LogP contribution in [0.1, 0.15) is 38.6 Å². The van der Waals surface area contributed by atoms with Gasteiger partial charge in [-0.05, 0) is 37.9 Å². The monoisotopic (exact) mass is 273 g/mol. The maximum Gasteiger partial charge on any atom is 0.195 e. The minimum Gasteiger partial charge on any atom is -0.297 e. The number of nitrogens with zero attached hydrogens (tertiary/aromatic N) is 2. The summed E-state index contributed by atoms with van der Waals surface area (Å²) in [6.07, 6.45) is 5.31. The van der Waals surface area contributed by atoms with E-state index in [0.717, 1.165) is 22.1 Å². The van der Waals surface area contributed by atoms with Crippen molar-refractivity contribution in [2.24, 2.45) is 5.92 Å². The highest BCUT2D eigenvalue weighted by atomic mass is 32.1. The molecule has 1 aliphatic rings. The predicted octanol–water partition coefficient (Wildman–Crippen LogP) is 4.36. The molecule has 3 nitrogen and oxygen atoms in total. The van der Waals surface area contributed by atoms with E-state index < -0.39 is 0 Å². The van der Waals surface area contributed by atoms with Crippen molar-refractivity contribution in [1.29, 1.82) is 0 Å². The van der Waals surface area contributed by atoms with Gasteiger partial charge in [0.25, 0.3) is 0 Å². The van der Waals surface area contributed by atoms with Gasteiger partial charge < -0.3 is 0 Å². The lowest BCUT2D eigenvalue weighted by atomic mass is 9.99. The van der Waals surface area contributed by atoms with Crippen LogP contribution < -0.4 is 0 Å². The topological polar surface area (TPSA) is 33.6 Å². The van der Waals surface area contributed by atoms with Gasteiger partial charge >= 0.3 is 0 Å². The van der Waals surface area contributed by atoms with E-state index in [-0.39, 0.29) is 0 Å². The van der Waals surface area contributed by atoms with E-state index in [9.17, 15) is 0 Å². The van der Waals surface area contributed by atoms with Crippen LogP contribution >= 0.6 is 12.2 Å². The molecule has 19 heavy (non-hydrogen) atoms. The zero-order valence-corrected chi connectivity index (χ0v) is 12.0. The molecule has 1 unspecified atom stereocenters.